The molecule has 0 bridgehead atoms. The van der Waals surface area contributed by atoms with E-state index in [2.05, 4.69) is 5.32 Å². The van der Waals surface area contributed by atoms with Crippen LogP contribution in [-0.4, -0.2) is 30.0 Å². The van der Waals surface area contributed by atoms with E-state index in [1.165, 1.54) is 6.07 Å². The molecule has 1 heterocycles. The zero-order valence-corrected chi connectivity index (χ0v) is 14.2. The van der Waals surface area contributed by atoms with Crippen molar-refractivity contribution >= 4 is 23.5 Å². The number of ketones is 1. The van der Waals surface area contributed by atoms with E-state index in [1.807, 2.05) is 6.92 Å². The first kappa shape index (κ1) is 18.7. The van der Waals surface area contributed by atoms with Crippen LogP contribution in [0.1, 0.15) is 48.5 Å². The van der Waals surface area contributed by atoms with E-state index in [-0.39, 0.29) is 30.8 Å². The van der Waals surface area contributed by atoms with Gasteiger partial charge in [0.25, 0.3) is 0 Å². The van der Waals surface area contributed by atoms with Crippen molar-refractivity contribution < 1.29 is 23.8 Å². The quantitative estimate of drug-likeness (QED) is 0.791. The molecule has 2 rings (SSSR count). The summed E-state index contributed by atoms with van der Waals surface area (Å²) >= 11 is 0. The fourth-order valence-corrected chi connectivity index (χ4v) is 2.54. The Morgan fingerprint density at radius 1 is 1.28 bits per heavy atom. The fourth-order valence-electron chi connectivity index (χ4n) is 2.54. The number of rotatable bonds is 2. The molecule has 1 aliphatic heterocycles. The van der Waals surface area contributed by atoms with Gasteiger partial charge in [-0.25, -0.2) is 9.18 Å². The number of phenolic OH excluding ortho intramolecular Hbond substituents is 1. The molecule has 5 nitrogen and oxygen atoms in total. The Morgan fingerprint density at radius 2 is 2.08 bits per heavy atom. The van der Waals surface area contributed by atoms with Gasteiger partial charge < -0.3 is 15.2 Å². The molecule has 0 amide bonds. The van der Waals surface area contributed by atoms with E-state index < -0.39 is 17.6 Å². The van der Waals surface area contributed by atoms with Gasteiger partial charge in [0.2, 0.25) is 0 Å². The molecule has 1 aromatic carbocycles. The maximum atomic E-state index is 13.6. The largest absolute Gasteiger partial charge is 0.507 e. The van der Waals surface area contributed by atoms with Crippen LogP contribution in [0.5, 0.6) is 5.75 Å². The average molecular weight is 347 g/mol. The van der Waals surface area contributed by atoms with Gasteiger partial charge in [0, 0.05) is 31.1 Å². The number of cyclic esters (lactones) is 1. The number of carbonyl (C=O) groups excluding carboxylic acids is 2. The summed E-state index contributed by atoms with van der Waals surface area (Å²) in [6, 6.07) is 3.23. The minimum Gasteiger partial charge on any atom is -0.507 e. The van der Waals surface area contributed by atoms with Gasteiger partial charge in [0.1, 0.15) is 11.3 Å². The third-order valence-corrected chi connectivity index (χ3v) is 3.75. The minimum absolute atomic E-state index is 0.0723. The molecule has 0 saturated carbocycles. The minimum atomic E-state index is -0.796. The van der Waals surface area contributed by atoms with E-state index in [0.29, 0.717) is 30.6 Å². The Balaban J connectivity index is 2.33. The van der Waals surface area contributed by atoms with Gasteiger partial charge in [-0.1, -0.05) is 12.2 Å². The standard InChI is InChI=1S/C19H22FNO4/c1-2-21-14-11-13-7-4-3-5-9-16(22)15(20)8-6-10-25-19(24)18(13)17(23)12-14/h4,7-8,11-12,21,23H,2-3,5-6,9-10H2,1H3/b7-4+,15-8+. The lowest BCUT2D eigenvalue weighted by Crippen LogP contribution is -2.10. The van der Waals surface area contributed by atoms with Crippen LogP contribution in [0.2, 0.25) is 0 Å². The van der Waals surface area contributed by atoms with Crippen molar-refractivity contribution in [3.63, 3.8) is 0 Å². The number of allylic oxidation sites excluding steroid dienone is 2. The highest BCUT2D eigenvalue weighted by atomic mass is 19.1. The number of carbonyl (C=O) groups is 2. The summed E-state index contributed by atoms with van der Waals surface area (Å²) in [7, 11) is 0. The smallest absolute Gasteiger partial charge is 0.342 e. The number of nitrogens with one attached hydrogen (secondary N) is 1. The van der Waals surface area contributed by atoms with Crippen molar-refractivity contribution in [2.75, 3.05) is 18.5 Å². The molecule has 0 aliphatic carbocycles. The van der Waals surface area contributed by atoms with E-state index in [9.17, 15) is 19.1 Å². The Bertz CT molecular complexity index is 710. The van der Waals surface area contributed by atoms with Crippen molar-refractivity contribution in [2.45, 2.75) is 32.6 Å². The van der Waals surface area contributed by atoms with Crippen LogP contribution in [0.15, 0.2) is 30.1 Å². The maximum absolute atomic E-state index is 13.6. The molecule has 0 unspecified atom stereocenters. The average Bonchev–Trinajstić information content (AvgIpc) is 2.57. The molecule has 6 heteroatoms. The number of hydrogen-bond donors (Lipinski definition) is 2. The zero-order chi connectivity index (χ0) is 18.2. The van der Waals surface area contributed by atoms with Gasteiger partial charge in [0.05, 0.1) is 6.61 Å². The Labute approximate surface area is 146 Å². The van der Waals surface area contributed by atoms with E-state index in [4.69, 9.17) is 4.74 Å². The van der Waals surface area contributed by atoms with Crippen LogP contribution >= 0.6 is 0 Å². The van der Waals surface area contributed by atoms with Crippen LogP contribution in [-0.2, 0) is 9.53 Å². The van der Waals surface area contributed by atoms with Crippen molar-refractivity contribution in [1.29, 1.82) is 0 Å². The third kappa shape index (κ3) is 5.17. The summed E-state index contributed by atoms with van der Waals surface area (Å²) in [4.78, 5) is 23.9. The molecular formula is C19H22FNO4. The van der Waals surface area contributed by atoms with E-state index in [1.54, 1.807) is 18.2 Å². The van der Waals surface area contributed by atoms with Crippen LogP contribution < -0.4 is 5.32 Å². The summed E-state index contributed by atoms with van der Waals surface area (Å²) in [5, 5.41) is 13.3. The van der Waals surface area contributed by atoms with Gasteiger partial charge in [0.15, 0.2) is 11.6 Å². The predicted octanol–water partition coefficient (Wildman–Crippen LogP) is 3.99. The van der Waals surface area contributed by atoms with Gasteiger partial charge >= 0.3 is 5.97 Å². The number of ether oxygens (including phenoxy) is 1. The van der Waals surface area contributed by atoms with Crippen molar-refractivity contribution in [1.82, 2.24) is 0 Å². The molecule has 0 saturated heterocycles. The predicted molar refractivity (Wildman–Crippen MR) is 94.3 cm³/mol. The monoisotopic (exact) mass is 347 g/mol. The molecular weight excluding hydrogens is 325 g/mol. The molecule has 134 valence electrons. The number of aromatic hydroxyl groups is 1. The first-order valence-corrected chi connectivity index (χ1v) is 8.36. The lowest BCUT2D eigenvalue weighted by atomic mass is 10.0. The van der Waals surface area contributed by atoms with Gasteiger partial charge in [-0.15, -0.1) is 0 Å². The maximum Gasteiger partial charge on any atom is 0.342 e. The number of fused-ring (bicyclic) bond motifs is 1. The summed E-state index contributed by atoms with van der Waals surface area (Å²) in [6.07, 6.45) is 5.93. The summed E-state index contributed by atoms with van der Waals surface area (Å²) in [6.45, 7) is 2.53. The zero-order valence-electron chi connectivity index (χ0n) is 14.2. The van der Waals surface area contributed by atoms with Gasteiger partial charge in [-0.3, -0.25) is 4.79 Å². The summed E-state index contributed by atoms with van der Waals surface area (Å²) < 4.78 is 18.7. The normalized spacial score (nSPS) is 19.8. The third-order valence-electron chi connectivity index (χ3n) is 3.75. The fraction of sp³-hybridized carbons (Fsp3) is 0.368. The van der Waals surface area contributed by atoms with E-state index >= 15 is 0 Å². The highest BCUT2D eigenvalue weighted by Gasteiger charge is 2.18. The van der Waals surface area contributed by atoms with Crippen LogP contribution in [0, 0.1) is 0 Å². The number of esters is 1. The molecule has 0 aromatic heterocycles. The van der Waals surface area contributed by atoms with E-state index in [0.717, 1.165) is 6.08 Å². The number of phenols is 1. The lowest BCUT2D eigenvalue weighted by Gasteiger charge is -2.12. The summed E-state index contributed by atoms with van der Waals surface area (Å²) in [5.74, 6) is -2.19. The van der Waals surface area contributed by atoms with Gasteiger partial charge in [-0.2, -0.15) is 0 Å². The molecule has 0 fully saturated rings. The lowest BCUT2D eigenvalue weighted by molar-refractivity contribution is -0.117. The SMILES string of the molecule is CCNc1cc(O)c2c(c1)/C=C/CCCC(=O)/C(F)=C\CCOC2=O. The second-order valence-corrected chi connectivity index (χ2v) is 5.68. The molecule has 2 N–H and O–H groups in total. The first-order chi connectivity index (χ1) is 12.0. The second kappa shape index (κ2) is 9.01. The number of hydrogen-bond acceptors (Lipinski definition) is 5. The highest BCUT2D eigenvalue weighted by Crippen LogP contribution is 2.29. The van der Waals surface area contributed by atoms with Crippen LogP contribution in [0.3, 0.4) is 0 Å². The second-order valence-electron chi connectivity index (χ2n) is 5.68. The van der Waals surface area contributed by atoms with Crippen molar-refractivity contribution in [2.24, 2.45) is 0 Å². The summed E-state index contributed by atoms with van der Waals surface area (Å²) in [5.41, 5.74) is 1.30. The van der Waals surface area contributed by atoms with Crippen molar-refractivity contribution in [3.05, 3.63) is 41.2 Å². The molecule has 0 atom stereocenters. The molecule has 25 heavy (non-hydrogen) atoms. The molecule has 1 aromatic rings. The Hall–Kier alpha value is -2.63. The molecule has 1 aliphatic rings. The number of anilines is 1. The Morgan fingerprint density at radius 3 is 2.84 bits per heavy atom. The van der Waals surface area contributed by atoms with Crippen LogP contribution in [0.4, 0.5) is 10.1 Å². The Kier molecular flexibility index (Phi) is 6.74. The topological polar surface area (TPSA) is 75.6 Å². The number of Topliss-reactive ketones (excluding diaryl/α,β-unsaturated/α-hetero) is 1. The van der Waals surface area contributed by atoms with Crippen molar-refractivity contribution in [3.8, 4) is 5.75 Å². The van der Waals surface area contributed by atoms with Gasteiger partial charge in [-0.05, 0) is 37.5 Å². The molecule has 0 radical (unpaired) electrons. The number of benzene rings is 1. The van der Waals surface area contributed by atoms with Crippen LogP contribution in [0.25, 0.3) is 6.08 Å². The highest BCUT2D eigenvalue weighted by molar-refractivity contribution is 5.97. The number of halogens is 1. The first-order valence-electron chi connectivity index (χ1n) is 8.36. The molecule has 0 spiro atoms.